The molecule has 10 N–H and O–H groups in total. The predicted octanol–water partition coefficient (Wildman–Crippen LogP) is 11.8. The van der Waals surface area contributed by atoms with Gasteiger partial charge in [-0.15, -0.1) is 0 Å². The van der Waals surface area contributed by atoms with Crippen LogP contribution in [0.4, 0.5) is 29.7 Å². The van der Waals surface area contributed by atoms with Crippen molar-refractivity contribution < 1.29 is 67.2 Å². The minimum atomic E-state index is -1.83. The Labute approximate surface area is 618 Å². The number of hydrogen-bond donors (Lipinski definition) is 8. The second-order valence-electron chi connectivity index (χ2n) is 27.2. The fourth-order valence-electron chi connectivity index (χ4n) is 14.3. The summed E-state index contributed by atoms with van der Waals surface area (Å²) in [5.74, 6) is -5.07. The minimum Gasteiger partial charge on any atom is -0.480 e. The van der Waals surface area contributed by atoms with Crippen molar-refractivity contribution in [1.29, 1.82) is 0 Å². The Hall–Kier alpha value is -11.3. The highest BCUT2D eigenvalue weighted by Gasteiger charge is 2.42. The number of unbranched alkanes of at least 4 members (excludes halogenated alkanes) is 2. The average molecular weight is 1450 g/mol. The number of carbonyl (C=O) groups is 9. The number of ether oxygens (including phenoxy) is 4. The van der Waals surface area contributed by atoms with Crippen molar-refractivity contribution in [2.24, 2.45) is 17.4 Å². The lowest BCUT2D eigenvalue weighted by Crippen LogP contribution is -2.60. The van der Waals surface area contributed by atoms with E-state index in [-0.39, 0.29) is 69.9 Å². The van der Waals surface area contributed by atoms with Gasteiger partial charge in [0.25, 0.3) is 5.91 Å². The molecular weight excluding hydrogens is 1350 g/mol. The number of alkyl carbamates (subject to hydrolysis) is 1. The Morgan fingerprint density at radius 1 is 0.472 bits per heavy atom. The van der Waals surface area contributed by atoms with E-state index in [4.69, 9.17) is 30.4 Å². The summed E-state index contributed by atoms with van der Waals surface area (Å²) in [6.45, 7) is 6.90. The second-order valence-corrected chi connectivity index (χ2v) is 27.2. The molecule has 0 unspecified atom stereocenters. The number of benzene rings is 7. The van der Waals surface area contributed by atoms with E-state index in [1.54, 1.807) is 47.9 Å². The number of hydrogen-bond acceptors (Lipinski definition) is 15. The van der Waals surface area contributed by atoms with Gasteiger partial charge in [0, 0.05) is 76.2 Å². The molecule has 0 radical (unpaired) electrons. The van der Waals surface area contributed by atoms with Crippen molar-refractivity contribution in [2.45, 2.75) is 121 Å². The van der Waals surface area contributed by atoms with Gasteiger partial charge in [-0.2, -0.15) is 0 Å². The Kier molecular flexibility index (Phi) is 27.7. The molecular formula is C82H96N10O14. The van der Waals surface area contributed by atoms with Crippen LogP contribution in [0.25, 0.3) is 33.4 Å². The number of fused-ring (bicyclic) bond motifs is 9. The minimum absolute atomic E-state index is 0.0271. The Bertz CT molecular complexity index is 4090. The SMILES string of the molecule is CC(=O)N[C@@H](CCCCNC(=O)OCC1c2ccccc2-c2ccccc21)C(=O)N[C@H](C(=O)N(C(=O)OCc1ccc(NCCCN(CCCCN(CCCN)C(=O)OCC2c3ccccc3-c3ccccc32)C(=O)OCC2c3ccccc3-c3ccccc32)cc1)[C@@H](CCCNC(N)=O)C(=O)O)C(C)C. The molecule has 0 fully saturated rings. The highest BCUT2D eigenvalue weighted by molar-refractivity contribution is 6.01. The number of nitrogens with two attached hydrogens (primary N) is 2. The summed E-state index contributed by atoms with van der Waals surface area (Å²) in [4.78, 5) is 125. The fraction of sp³-hybridized carbons (Fsp3) is 0.378. The molecule has 0 saturated carbocycles. The highest BCUT2D eigenvalue weighted by atomic mass is 16.6. The number of carboxylic acids is 1. The molecule has 3 aliphatic rings. The molecule has 24 heteroatoms. The summed E-state index contributed by atoms with van der Waals surface area (Å²) in [6.07, 6.45) is -0.151. The largest absolute Gasteiger partial charge is 0.480 e. The van der Waals surface area contributed by atoms with Crippen LogP contribution in [0.2, 0.25) is 0 Å². The van der Waals surface area contributed by atoms with Gasteiger partial charge in [0.1, 0.15) is 44.6 Å². The predicted molar refractivity (Wildman–Crippen MR) is 402 cm³/mol. The van der Waals surface area contributed by atoms with Crippen LogP contribution in [0.1, 0.15) is 135 Å². The van der Waals surface area contributed by atoms with Crippen molar-refractivity contribution in [3.8, 4) is 33.4 Å². The van der Waals surface area contributed by atoms with Gasteiger partial charge in [-0.25, -0.2) is 33.7 Å². The molecule has 9 amide bonds. The van der Waals surface area contributed by atoms with Gasteiger partial charge in [-0.05, 0) is 155 Å². The van der Waals surface area contributed by atoms with Crippen molar-refractivity contribution in [3.05, 3.63) is 209 Å². The van der Waals surface area contributed by atoms with E-state index in [9.17, 15) is 48.3 Å². The summed E-state index contributed by atoms with van der Waals surface area (Å²) < 4.78 is 23.6. The van der Waals surface area contributed by atoms with Gasteiger partial charge in [-0.1, -0.05) is 172 Å². The molecule has 7 aromatic rings. The second kappa shape index (κ2) is 38.0. The van der Waals surface area contributed by atoms with E-state index in [2.05, 4.69) is 75.1 Å². The molecule has 0 saturated heterocycles. The van der Waals surface area contributed by atoms with Crippen molar-refractivity contribution in [3.63, 3.8) is 0 Å². The summed E-state index contributed by atoms with van der Waals surface area (Å²) >= 11 is 0. The van der Waals surface area contributed by atoms with E-state index in [0.717, 1.165) is 66.8 Å². The molecule has 3 aliphatic carbocycles. The number of carbonyl (C=O) groups excluding carboxylic acids is 8. The number of nitrogens with zero attached hydrogens (tertiary/aromatic N) is 3. The zero-order valence-electron chi connectivity index (χ0n) is 60.3. The third-order valence-corrected chi connectivity index (χ3v) is 19.6. The van der Waals surface area contributed by atoms with Crippen LogP contribution in [-0.4, -0.2) is 164 Å². The van der Waals surface area contributed by atoms with Gasteiger partial charge >= 0.3 is 36.4 Å². The third-order valence-electron chi connectivity index (χ3n) is 19.6. The number of imide groups is 1. The zero-order chi connectivity index (χ0) is 75.1. The van der Waals surface area contributed by atoms with Crippen LogP contribution in [-0.2, 0) is 44.7 Å². The first-order chi connectivity index (χ1) is 51.4. The molecule has 106 heavy (non-hydrogen) atoms. The van der Waals surface area contributed by atoms with Crippen LogP contribution in [0.5, 0.6) is 0 Å². The molecule has 0 heterocycles. The number of rotatable bonds is 37. The van der Waals surface area contributed by atoms with Gasteiger partial charge in [0.05, 0.1) is 0 Å². The first-order valence-corrected chi connectivity index (χ1v) is 36.6. The lowest BCUT2D eigenvalue weighted by atomic mass is 9.98. The monoisotopic (exact) mass is 1440 g/mol. The van der Waals surface area contributed by atoms with Crippen LogP contribution >= 0.6 is 0 Å². The van der Waals surface area contributed by atoms with Crippen molar-refractivity contribution in [1.82, 2.24) is 36.0 Å². The first-order valence-electron chi connectivity index (χ1n) is 36.6. The number of nitrogens with one attached hydrogen (secondary N) is 5. The third kappa shape index (κ3) is 20.0. The Morgan fingerprint density at radius 2 is 0.906 bits per heavy atom. The summed E-state index contributed by atoms with van der Waals surface area (Å²) in [7, 11) is 0. The maximum atomic E-state index is 14.8. The molecule has 3 atom stereocenters. The molecule has 7 aromatic carbocycles. The standard InChI is InChI=1S/C82H96N10O14/c1-53(2)74(89-75(94)72(88-54(3)93)35-16-17-42-87-79(99)103-50-69-63-29-10-4-23-57(63)58-24-5-11-30-64(58)69)76(95)92(73(77(96)97)36-20-43-86-78(84)98)82(102)104-49-55-37-39-56(40-38-55)85-44-22-48-91(81(101)106-52-71-67-33-14-8-27-61(67)62-28-9-15-34-68(62)71)46-19-18-45-90(47-21-41-83)80(100)105-51-70-65-31-12-6-25-59(65)60-26-7-13-32-66(60)70/h4-15,23-34,37-40,53,69-74,85H,16-22,35-36,41-52,83H2,1-3H3,(H,87,99)(H,88,93)(H,89,94)(H,96,97)(H3,84,86,98)/t72-,73-,74-/m0/s1. The number of primary amides is 1. The molecule has 24 nitrogen and oxygen atoms in total. The van der Waals surface area contributed by atoms with E-state index in [0.29, 0.717) is 93.9 Å². The molecule has 0 bridgehead atoms. The lowest BCUT2D eigenvalue weighted by Gasteiger charge is -2.32. The number of amides is 9. The Morgan fingerprint density at radius 3 is 1.34 bits per heavy atom. The number of carboxylic acid groups (broad SMARTS) is 1. The maximum Gasteiger partial charge on any atom is 0.417 e. The van der Waals surface area contributed by atoms with Crippen LogP contribution in [0.15, 0.2) is 170 Å². The van der Waals surface area contributed by atoms with Gasteiger partial charge in [0.15, 0.2) is 0 Å². The topological polar surface area (TPSA) is 333 Å². The van der Waals surface area contributed by atoms with Gasteiger partial charge in [-0.3, -0.25) is 14.4 Å². The molecule has 0 spiro atoms. The van der Waals surface area contributed by atoms with E-state index < -0.39 is 84.7 Å². The summed E-state index contributed by atoms with van der Waals surface area (Å²) in [5, 5.41) is 24.4. The van der Waals surface area contributed by atoms with E-state index in [1.807, 2.05) is 97.1 Å². The number of aliphatic carboxylic acids is 1. The van der Waals surface area contributed by atoms with Crippen LogP contribution in [0.3, 0.4) is 0 Å². The lowest BCUT2D eigenvalue weighted by molar-refractivity contribution is -0.151. The molecule has 558 valence electrons. The van der Waals surface area contributed by atoms with E-state index in [1.165, 1.54) is 6.92 Å². The number of anilines is 1. The summed E-state index contributed by atoms with van der Waals surface area (Å²) in [5.41, 5.74) is 25.6. The quantitative estimate of drug-likeness (QED) is 0.0132. The fourth-order valence-corrected chi connectivity index (χ4v) is 14.3. The van der Waals surface area contributed by atoms with Crippen LogP contribution in [0, 0.1) is 5.92 Å². The van der Waals surface area contributed by atoms with Gasteiger partial charge in [0.2, 0.25) is 11.8 Å². The number of urea groups is 1. The van der Waals surface area contributed by atoms with Crippen molar-refractivity contribution >= 4 is 59.8 Å². The van der Waals surface area contributed by atoms with Gasteiger partial charge < -0.3 is 71.9 Å². The van der Waals surface area contributed by atoms with E-state index >= 15 is 0 Å². The Balaban J connectivity index is 0.730. The normalized spacial score (nSPS) is 13.2. The van der Waals surface area contributed by atoms with Crippen molar-refractivity contribution in [2.75, 3.05) is 77.5 Å². The average Bonchev–Trinajstić information content (AvgIpc) is 1.63. The smallest absolute Gasteiger partial charge is 0.417 e. The summed E-state index contributed by atoms with van der Waals surface area (Å²) in [6, 6.07) is 50.2. The molecule has 0 aliphatic heterocycles. The molecule has 10 rings (SSSR count). The molecule has 0 aromatic heterocycles. The zero-order valence-corrected chi connectivity index (χ0v) is 60.3. The highest BCUT2D eigenvalue weighted by Crippen LogP contribution is 2.47. The van der Waals surface area contributed by atoms with Crippen LogP contribution < -0.4 is 38.1 Å². The maximum absolute atomic E-state index is 14.8. The first kappa shape index (κ1) is 77.3.